The molecule has 1 aliphatic heterocycles. The number of thiophene rings is 2. The zero-order valence-corrected chi connectivity index (χ0v) is 19.7. The Labute approximate surface area is 202 Å². The number of pyridine rings is 1. The van der Waals surface area contributed by atoms with Crippen LogP contribution in [0, 0.1) is 0 Å². The average Bonchev–Trinajstić information content (AvgIpc) is 3.58. The van der Waals surface area contributed by atoms with E-state index in [-0.39, 0.29) is 18.5 Å². The van der Waals surface area contributed by atoms with E-state index in [9.17, 15) is 14.7 Å². The lowest BCUT2D eigenvalue weighted by Gasteiger charge is -2.28. The maximum Gasteiger partial charge on any atom is 0.314 e. The Bertz CT molecular complexity index is 1360. The fraction of sp³-hybridized carbons (Fsp3) is 0.227. The summed E-state index contributed by atoms with van der Waals surface area (Å²) >= 11 is 2.85. The van der Waals surface area contributed by atoms with Gasteiger partial charge in [0, 0.05) is 25.4 Å². The van der Waals surface area contributed by atoms with Gasteiger partial charge < -0.3 is 26.0 Å². The standard InChI is InChI=1S/C22H21N7O3S2/c1-28(14-10-29(22(23)32)11-15(14)30)20-18-13(5-8-34-18)25-19(27-20)12-4-6-24-17(9-12)26-21(31)16-3-2-7-33-16/h2-9,14-15,30H,10-11H2,1H3,(H2,23,32)(H,24,26,31)/t14-,15-/m0/s1. The van der Waals surface area contributed by atoms with E-state index in [4.69, 9.17) is 15.7 Å². The fourth-order valence-corrected chi connectivity index (χ4v) is 5.41. The van der Waals surface area contributed by atoms with E-state index in [1.807, 2.05) is 34.8 Å². The largest absolute Gasteiger partial charge is 0.389 e. The SMILES string of the molecule is CN(c1nc(-c2ccnc(NC(=O)c3cccs3)c2)nc2ccsc12)[C@H]1CN(C(N)=O)C[C@@H]1O. The van der Waals surface area contributed by atoms with E-state index in [0.29, 0.717) is 34.4 Å². The first-order valence-electron chi connectivity index (χ1n) is 10.4. The van der Waals surface area contributed by atoms with Gasteiger partial charge in [0.2, 0.25) is 0 Å². The number of nitrogens with two attached hydrogens (primary N) is 1. The van der Waals surface area contributed by atoms with Crippen molar-refractivity contribution in [3.05, 3.63) is 52.2 Å². The molecule has 0 saturated carbocycles. The predicted octanol–water partition coefficient (Wildman–Crippen LogP) is 2.63. The number of rotatable bonds is 5. The van der Waals surface area contributed by atoms with Crippen molar-refractivity contribution in [1.29, 1.82) is 0 Å². The summed E-state index contributed by atoms with van der Waals surface area (Å²) in [7, 11) is 1.84. The van der Waals surface area contributed by atoms with Crippen LogP contribution < -0.4 is 16.0 Å². The number of aromatic nitrogens is 3. The Hall–Kier alpha value is -3.61. The number of urea groups is 1. The average molecular weight is 496 g/mol. The number of likely N-dealkylation sites (N-methyl/N-ethyl adjacent to an activating group) is 1. The second-order valence-corrected chi connectivity index (χ2v) is 9.72. The summed E-state index contributed by atoms with van der Waals surface area (Å²) in [5.74, 6) is 1.26. The zero-order valence-electron chi connectivity index (χ0n) is 18.1. The Morgan fingerprint density at radius 2 is 2.06 bits per heavy atom. The molecule has 1 fully saturated rings. The molecule has 4 aromatic heterocycles. The van der Waals surface area contributed by atoms with Crippen LogP contribution in [-0.2, 0) is 0 Å². The molecule has 0 spiro atoms. The Morgan fingerprint density at radius 1 is 1.21 bits per heavy atom. The molecule has 0 bridgehead atoms. The number of anilines is 2. The maximum absolute atomic E-state index is 12.4. The molecule has 4 N–H and O–H groups in total. The smallest absolute Gasteiger partial charge is 0.314 e. The Balaban J connectivity index is 1.48. The van der Waals surface area contributed by atoms with Crippen molar-refractivity contribution in [2.75, 3.05) is 30.4 Å². The molecule has 0 radical (unpaired) electrons. The molecule has 34 heavy (non-hydrogen) atoms. The molecule has 0 unspecified atom stereocenters. The van der Waals surface area contributed by atoms with Crippen LogP contribution in [-0.4, -0.2) is 69.2 Å². The summed E-state index contributed by atoms with van der Waals surface area (Å²) < 4.78 is 0.872. The van der Waals surface area contributed by atoms with E-state index < -0.39 is 12.1 Å². The van der Waals surface area contributed by atoms with Crippen molar-refractivity contribution in [1.82, 2.24) is 19.9 Å². The van der Waals surface area contributed by atoms with Crippen LogP contribution in [0.4, 0.5) is 16.4 Å². The van der Waals surface area contributed by atoms with Crippen LogP contribution >= 0.6 is 22.7 Å². The second kappa shape index (κ2) is 8.97. The first-order chi connectivity index (χ1) is 16.4. The molecule has 12 heteroatoms. The summed E-state index contributed by atoms with van der Waals surface area (Å²) in [6, 6.07) is 8.04. The number of carbonyl (C=O) groups excluding carboxylic acids is 2. The number of aliphatic hydroxyl groups excluding tert-OH is 1. The number of nitrogens with one attached hydrogen (secondary N) is 1. The first kappa shape index (κ1) is 22.2. The molecule has 3 amide bonds. The van der Waals surface area contributed by atoms with Crippen molar-refractivity contribution >= 4 is 56.5 Å². The number of primary amides is 1. The highest BCUT2D eigenvalue weighted by Gasteiger charge is 2.37. The molecule has 1 saturated heterocycles. The van der Waals surface area contributed by atoms with Crippen LogP contribution in [0.2, 0.25) is 0 Å². The summed E-state index contributed by atoms with van der Waals surface area (Å²) in [6.45, 7) is 0.473. The lowest BCUT2D eigenvalue weighted by atomic mass is 10.2. The van der Waals surface area contributed by atoms with E-state index in [2.05, 4.69) is 10.3 Å². The number of hydrogen-bond acceptors (Lipinski definition) is 9. The summed E-state index contributed by atoms with van der Waals surface area (Å²) in [6.07, 6.45) is 0.834. The van der Waals surface area contributed by atoms with Gasteiger partial charge in [-0.25, -0.2) is 19.7 Å². The highest BCUT2D eigenvalue weighted by molar-refractivity contribution is 7.17. The lowest BCUT2D eigenvalue weighted by Crippen LogP contribution is -2.42. The number of β-amino-alcohol motifs (C(OH)–C–C–N with tert-alkyl or cyclic N) is 1. The van der Waals surface area contributed by atoms with Gasteiger partial charge in [-0.3, -0.25) is 4.79 Å². The Morgan fingerprint density at radius 3 is 2.79 bits per heavy atom. The molecule has 174 valence electrons. The van der Waals surface area contributed by atoms with Gasteiger partial charge in [-0.2, -0.15) is 0 Å². The van der Waals surface area contributed by atoms with Gasteiger partial charge in [0.25, 0.3) is 5.91 Å². The van der Waals surface area contributed by atoms with E-state index >= 15 is 0 Å². The minimum absolute atomic E-state index is 0.174. The molecule has 0 aromatic carbocycles. The second-order valence-electron chi connectivity index (χ2n) is 7.86. The van der Waals surface area contributed by atoms with Crippen molar-refractivity contribution in [2.45, 2.75) is 12.1 Å². The van der Waals surface area contributed by atoms with Gasteiger partial charge in [-0.1, -0.05) is 6.07 Å². The molecule has 1 aliphatic rings. The van der Waals surface area contributed by atoms with Crippen molar-refractivity contribution < 1.29 is 14.7 Å². The molecular formula is C22H21N7O3S2. The predicted molar refractivity (Wildman–Crippen MR) is 132 cm³/mol. The van der Waals surface area contributed by atoms with Crippen LogP contribution in [0.5, 0.6) is 0 Å². The molecule has 2 atom stereocenters. The number of likely N-dealkylation sites (tertiary alicyclic amines) is 1. The maximum atomic E-state index is 12.4. The monoisotopic (exact) mass is 495 g/mol. The number of nitrogens with zero attached hydrogens (tertiary/aromatic N) is 5. The lowest BCUT2D eigenvalue weighted by molar-refractivity contribution is 0.103. The number of carbonyl (C=O) groups is 2. The summed E-state index contributed by atoms with van der Waals surface area (Å²) in [4.78, 5) is 41.7. The van der Waals surface area contributed by atoms with Gasteiger partial charge in [0.05, 0.1) is 33.8 Å². The number of aliphatic hydroxyl groups is 1. The first-order valence-corrected chi connectivity index (χ1v) is 12.2. The molecule has 10 nitrogen and oxygen atoms in total. The fourth-order valence-electron chi connectivity index (χ4n) is 3.93. The number of amides is 3. The van der Waals surface area contributed by atoms with E-state index in [1.165, 1.54) is 27.6 Å². The van der Waals surface area contributed by atoms with E-state index in [0.717, 1.165) is 10.2 Å². The van der Waals surface area contributed by atoms with Crippen molar-refractivity contribution in [2.24, 2.45) is 5.73 Å². The molecule has 5 rings (SSSR count). The van der Waals surface area contributed by atoms with Crippen molar-refractivity contribution in [3.63, 3.8) is 0 Å². The summed E-state index contributed by atoms with van der Waals surface area (Å²) in [5.41, 5.74) is 6.86. The van der Waals surface area contributed by atoms with Gasteiger partial charge in [-0.05, 0) is 35.0 Å². The van der Waals surface area contributed by atoms with Crippen molar-refractivity contribution in [3.8, 4) is 11.4 Å². The van der Waals surface area contributed by atoms with Crippen LogP contribution in [0.1, 0.15) is 9.67 Å². The third-order valence-corrected chi connectivity index (χ3v) is 7.46. The number of fused-ring (bicyclic) bond motifs is 1. The zero-order chi connectivity index (χ0) is 23.8. The molecule has 4 aromatic rings. The number of hydrogen-bond donors (Lipinski definition) is 3. The highest BCUT2D eigenvalue weighted by Crippen LogP contribution is 2.33. The van der Waals surface area contributed by atoms with Crippen LogP contribution in [0.25, 0.3) is 21.6 Å². The van der Waals surface area contributed by atoms with Gasteiger partial charge >= 0.3 is 6.03 Å². The molecule has 5 heterocycles. The van der Waals surface area contributed by atoms with Crippen LogP contribution in [0.15, 0.2) is 47.3 Å². The third kappa shape index (κ3) is 4.18. The topological polar surface area (TPSA) is 138 Å². The van der Waals surface area contributed by atoms with Gasteiger partial charge in [-0.15, -0.1) is 22.7 Å². The van der Waals surface area contributed by atoms with Crippen LogP contribution in [0.3, 0.4) is 0 Å². The third-order valence-electron chi connectivity index (χ3n) is 5.69. The summed E-state index contributed by atoms with van der Waals surface area (Å²) in [5, 5.41) is 17.1. The van der Waals surface area contributed by atoms with E-state index in [1.54, 1.807) is 24.4 Å². The van der Waals surface area contributed by atoms with Gasteiger partial charge in [0.1, 0.15) is 5.82 Å². The minimum atomic E-state index is -0.758. The van der Waals surface area contributed by atoms with Gasteiger partial charge in [0.15, 0.2) is 11.6 Å². The Kier molecular flexibility index (Phi) is 5.86. The minimum Gasteiger partial charge on any atom is -0.389 e. The normalized spacial score (nSPS) is 17.8. The highest BCUT2D eigenvalue weighted by atomic mass is 32.1. The molecule has 0 aliphatic carbocycles. The quantitative estimate of drug-likeness (QED) is 0.387. The molecular weight excluding hydrogens is 474 g/mol.